The van der Waals surface area contributed by atoms with Crippen molar-refractivity contribution in [1.29, 1.82) is 0 Å². The maximum Gasteiger partial charge on any atom is 0.276 e. The third kappa shape index (κ3) is 3.04. The van der Waals surface area contributed by atoms with Gasteiger partial charge in [0.25, 0.3) is 5.91 Å². The summed E-state index contributed by atoms with van der Waals surface area (Å²) in [5.41, 5.74) is 4.85. The van der Waals surface area contributed by atoms with Gasteiger partial charge in [-0.25, -0.2) is 9.97 Å². The van der Waals surface area contributed by atoms with E-state index in [4.69, 9.17) is 0 Å². The number of imidazole rings is 1. The Hall–Kier alpha value is -2.51. The molecule has 0 aliphatic carbocycles. The monoisotopic (exact) mass is 426 g/mol. The van der Waals surface area contributed by atoms with Crippen molar-refractivity contribution in [2.24, 2.45) is 0 Å². The fourth-order valence-electron chi connectivity index (χ4n) is 2.88. The average molecular weight is 427 g/mol. The van der Waals surface area contributed by atoms with Gasteiger partial charge in [0, 0.05) is 21.6 Å². The molecule has 5 nitrogen and oxygen atoms in total. The van der Waals surface area contributed by atoms with Crippen LogP contribution >= 0.6 is 27.3 Å². The van der Waals surface area contributed by atoms with Crippen molar-refractivity contribution in [2.45, 2.75) is 13.8 Å². The van der Waals surface area contributed by atoms with Crippen molar-refractivity contribution >= 4 is 44.0 Å². The smallest absolute Gasteiger partial charge is 0.276 e. The third-order valence-electron chi connectivity index (χ3n) is 4.05. The number of thiazole rings is 1. The zero-order chi connectivity index (χ0) is 18.3. The molecule has 0 aliphatic rings. The molecule has 0 saturated heterocycles. The molecule has 26 heavy (non-hydrogen) atoms. The van der Waals surface area contributed by atoms with Gasteiger partial charge < -0.3 is 0 Å². The summed E-state index contributed by atoms with van der Waals surface area (Å²) in [4.78, 5) is 21.9. The number of hydrogen-bond acceptors (Lipinski definition) is 4. The van der Waals surface area contributed by atoms with Crippen LogP contribution in [-0.4, -0.2) is 20.3 Å². The summed E-state index contributed by atoms with van der Waals surface area (Å²) < 4.78 is 2.71. The lowest BCUT2D eigenvalue weighted by molar-refractivity contribution is 0.102. The summed E-state index contributed by atoms with van der Waals surface area (Å²) in [5.74, 6) is -0.221. The second-order valence-corrected chi connectivity index (χ2v) is 7.71. The summed E-state index contributed by atoms with van der Waals surface area (Å²) >= 11 is 4.89. The van der Waals surface area contributed by atoms with Crippen LogP contribution < -0.4 is 5.32 Å². The van der Waals surface area contributed by atoms with Gasteiger partial charge in [-0.05, 0) is 41.4 Å². The van der Waals surface area contributed by atoms with Gasteiger partial charge >= 0.3 is 0 Å². The number of halogens is 1. The standard InChI is InChI=1S/C19H15BrN4OS/c1-11-8-14(20)9-24-16(12(2)21-17(11)24)18(25)23-19-22-15(10-26-19)13-6-4-3-5-7-13/h3-10H,1-2H3,(H,22,23,25). The van der Waals surface area contributed by atoms with E-state index in [1.54, 1.807) is 0 Å². The van der Waals surface area contributed by atoms with Gasteiger partial charge in [0.2, 0.25) is 0 Å². The normalized spacial score (nSPS) is 11.0. The molecule has 1 aromatic carbocycles. The van der Waals surface area contributed by atoms with E-state index in [1.807, 2.05) is 66.2 Å². The molecule has 1 N–H and O–H groups in total. The number of anilines is 1. The lowest BCUT2D eigenvalue weighted by atomic mass is 10.2. The van der Waals surface area contributed by atoms with Crippen molar-refractivity contribution in [1.82, 2.24) is 14.4 Å². The van der Waals surface area contributed by atoms with E-state index in [2.05, 4.69) is 31.2 Å². The van der Waals surface area contributed by atoms with Gasteiger partial charge in [0.15, 0.2) is 5.13 Å². The number of nitrogens with zero attached hydrogens (tertiary/aromatic N) is 3. The highest BCUT2D eigenvalue weighted by molar-refractivity contribution is 9.10. The molecule has 0 aliphatic heterocycles. The highest BCUT2D eigenvalue weighted by atomic mass is 79.9. The van der Waals surface area contributed by atoms with Crippen molar-refractivity contribution in [2.75, 3.05) is 5.32 Å². The van der Waals surface area contributed by atoms with Crippen LogP contribution in [0.4, 0.5) is 5.13 Å². The summed E-state index contributed by atoms with van der Waals surface area (Å²) in [6.07, 6.45) is 1.86. The highest BCUT2D eigenvalue weighted by Crippen LogP contribution is 2.26. The second-order valence-electron chi connectivity index (χ2n) is 5.94. The molecule has 0 saturated carbocycles. The third-order valence-corrected chi connectivity index (χ3v) is 5.25. The van der Waals surface area contributed by atoms with Crippen LogP contribution in [0.5, 0.6) is 0 Å². The molecule has 7 heteroatoms. The van der Waals surface area contributed by atoms with E-state index >= 15 is 0 Å². The summed E-state index contributed by atoms with van der Waals surface area (Å²) in [6.45, 7) is 3.81. The zero-order valence-corrected chi connectivity index (χ0v) is 16.6. The van der Waals surface area contributed by atoms with Gasteiger partial charge in [-0.15, -0.1) is 11.3 Å². The van der Waals surface area contributed by atoms with E-state index in [0.717, 1.165) is 26.9 Å². The molecule has 0 atom stereocenters. The van der Waals surface area contributed by atoms with E-state index in [9.17, 15) is 4.79 Å². The zero-order valence-electron chi connectivity index (χ0n) is 14.2. The molecule has 3 heterocycles. The van der Waals surface area contributed by atoms with Crippen LogP contribution in [0.2, 0.25) is 0 Å². The van der Waals surface area contributed by atoms with Gasteiger partial charge in [0.05, 0.1) is 11.4 Å². The number of aromatic nitrogens is 3. The quantitative estimate of drug-likeness (QED) is 0.496. The predicted molar refractivity (Wildman–Crippen MR) is 108 cm³/mol. The van der Waals surface area contributed by atoms with Crippen LogP contribution in [0.15, 0.2) is 52.4 Å². The second kappa shape index (κ2) is 6.66. The maximum absolute atomic E-state index is 12.9. The Kier molecular flexibility index (Phi) is 4.34. The van der Waals surface area contributed by atoms with Crippen LogP contribution in [-0.2, 0) is 0 Å². The fourth-order valence-corrected chi connectivity index (χ4v) is 4.15. The Morgan fingerprint density at radius 1 is 1.19 bits per heavy atom. The first kappa shape index (κ1) is 16.9. The number of benzene rings is 1. The van der Waals surface area contributed by atoms with Gasteiger partial charge in [-0.1, -0.05) is 30.3 Å². The SMILES string of the molecule is Cc1nc2c(C)cc(Br)cn2c1C(=O)Nc1nc(-c2ccccc2)cs1. The van der Waals surface area contributed by atoms with Crippen LogP contribution in [0.25, 0.3) is 16.9 Å². The number of aryl methyl sites for hydroxylation is 2. The Morgan fingerprint density at radius 2 is 1.96 bits per heavy atom. The summed E-state index contributed by atoms with van der Waals surface area (Å²) in [7, 11) is 0. The maximum atomic E-state index is 12.9. The fraction of sp³-hybridized carbons (Fsp3) is 0.105. The van der Waals surface area contributed by atoms with Crippen molar-refractivity contribution in [3.63, 3.8) is 0 Å². The van der Waals surface area contributed by atoms with Gasteiger partial charge in [0.1, 0.15) is 11.3 Å². The van der Waals surface area contributed by atoms with E-state index < -0.39 is 0 Å². The lowest BCUT2D eigenvalue weighted by Gasteiger charge is -2.05. The predicted octanol–water partition coefficient (Wildman–Crippen LogP) is 5.09. The number of rotatable bonds is 3. The molecule has 4 rings (SSSR count). The van der Waals surface area contributed by atoms with Gasteiger partial charge in [-0.2, -0.15) is 0 Å². The van der Waals surface area contributed by atoms with Crippen LogP contribution in [0.1, 0.15) is 21.7 Å². The average Bonchev–Trinajstić information content (AvgIpc) is 3.20. The first-order valence-corrected chi connectivity index (χ1v) is 9.67. The van der Waals surface area contributed by atoms with E-state index in [1.165, 1.54) is 11.3 Å². The molecular weight excluding hydrogens is 412 g/mol. The lowest BCUT2D eigenvalue weighted by Crippen LogP contribution is -2.15. The van der Waals surface area contributed by atoms with Crippen molar-refractivity contribution < 1.29 is 4.79 Å². The van der Waals surface area contributed by atoms with Crippen LogP contribution in [0, 0.1) is 13.8 Å². The molecule has 0 fully saturated rings. The molecule has 1 amide bonds. The van der Waals surface area contributed by atoms with Crippen LogP contribution in [0.3, 0.4) is 0 Å². The van der Waals surface area contributed by atoms with Crippen molar-refractivity contribution in [3.8, 4) is 11.3 Å². The minimum Gasteiger partial charge on any atom is -0.296 e. The molecule has 0 spiro atoms. The van der Waals surface area contributed by atoms with E-state index in [-0.39, 0.29) is 5.91 Å². The topological polar surface area (TPSA) is 59.3 Å². The first-order chi connectivity index (χ1) is 12.5. The number of fused-ring (bicyclic) bond motifs is 1. The van der Waals surface area contributed by atoms with E-state index in [0.29, 0.717) is 16.5 Å². The number of amides is 1. The molecule has 0 radical (unpaired) electrons. The summed E-state index contributed by atoms with van der Waals surface area (Å²) in [5, 5.41) is 5.40. The number of pyridine rings is 1. The molecule has 0 bridgehead atoms. The number of nitrogens with one attached hydrogen (secondary N) is 1. The number of carbonyl (C=O) groups is 1. The minimum atomic E-state index is -0.221. The molecular formula is C19H15BrN4OS. The molecule has 130 valence electrons. The number of carbonyl (C=O) groups excluding carboxylic acids is 1. The largest absolute Gasteiger partial charge is 0.296 e. The van der Waals surface area contributed by atoms with Gasteiger partial charge in [-0.3, -0.25) is 14.5 Å². The molecule has 0 unspecified atom stereocenters. The van der Waals surface area contributed by atoms with Crippen molar-refractivity contribution in [3.05, 3.63) is 69.4 Å². The number of hydrogen-bond donors (Lipinski definition) is 1. The highest BCUT2D eigenvalue weighted by Gasteiger charge is 2.19. The Balaban J connectivity index is 1.66. The first-order valence-electron chi connectivity index (χ1n) is 8.00. The summed E-state index contributed by atoms with van der Waals surface area (Å²) in [6, 6.07) is 11.9. The Bertz CT molecular complexity index is 1120. The molecule has 4 aromatic rings. The minimum absolute atomic E-state index is 0.221. The Labute approximate surface area is 162 Å². The molecule has 3 aromatic heterocycles. The Morgan fingerprint density at radius 3 is 2.73 bits per heavy atom.